The van der Waals surface area contributed by atoms with Gasteiger partial charge in [-0.2, -0.15) is 0 Å². The summed E-state index contributed by atoms with van der Waals surface area (Å²) in [7, 11) is 3.27. The molecule has 0 heterocycles. The van der Waals surface area contributed by atoms with Crippen molar-refractivity contribution in [2.45, 2.75) is 0 Å². The molecule has 2 aromatic rings. The van der Waals surface area contributed by atoms with Gasteiger partial charge < -0.3 is 14.2 Å². The van der Waals surface area contributed by atoms with Crippen molar-refractivity contribution >= 4 is 12.2 Å². The van der Waals surface area contributed by atoms with Crippen LogP contribution in [0.2, 0.25) is 0 Å². The van der Waals surface area contributed by atoms with Crippen molar-refractivity contribution in [2.75, 3.05) is 21.0 Å². The summed E-state index contributed by atoms with van der Waals surface area (Å²) in [6.45, 7) is 0.253. The molecule has 0 spiro atoms. The zero-order valence-electron chi connectivity index (χ0n) is 11.7. The molecule has 0 saturated heterocycles. The Bertz CT molecular complexity index is 576. The van der Waals surface area contributed by atoms with Crippen LogP contribution in [0.5, 0.6) is 11.5 Å². The summed E-state index contributed by atoms with van der Waals surface area (Å²) in [6.07, 6.45) is 4.08. The first-order valence-electron chi connectivity index (χ1n) is 6.36. The highest BCUT2D eigenvalue weighted by Gasteiger charge is 1.95. The summed E-state index contributed by atoms with van der Waals surface area (Å²) in [5.74, 6) is 1.64. The van der Waals surface area contributed by atoms with E-state index >= 15 is 0 Å². The van der Waals surface area contributed by atoms with Crippen LogP contribution < -0.4 is 9.47 Å². The third kappa shape index (κ3) is 4.14. The predicted molar refractivity (Wildman–Crippen MR) is 80.9 cm³/mol. The van der Waals surface area contributed by atoms with Gasteiger partial charge >= 0.3 is 0 Å². The van der Waals surface area contributed by atoms with E-state index in [0.29, 0.717) is 0 Å². The van der Waals surface area contributed by atoms with Crippen molar-refractivity contribution in [3.8, 4) is 11.5 Å². The number of benzene rings is 2. The molecule has 0 aromatic heterocycles. The molecule has 3 nitrogen and oxygen atoms in total. The third-order valence-electron chi connectivity index (χ3n) is 2.76. The highest BCUT2D eigenvalue weighted by Crippen LogP contribution is 2.18. The molecule has 0 unspecified atom stereocenters. The lowest BCUT2D eigenvalue weighted by atomic mass is 10.1. The second kappa shape index (κ2) is 7.36. The van der Waals surface area contributed by atoms with Gasteiger partial charge in [0, 0.05) is 7.11 Å². The van der Waals surface area contributed by atoms with Crippen LogP contribution in [0.4, 0.5) is 0 Å². The van der Waals surface area contributed by atoms with Crippen molar-refractivity contribution < 1.29 is 14.2 Å². The predicted octanol–water partition coefficient (Wildman–Crippen LogP) is 3.85. The Labute approximate surface area is 119 Å². The normalized spacial score (nSPS) is 10.7. The first kappa shape index (κ1) is 14.2. The number of hydrogen-bond donors (Lipinski definition) is 0. The Morgan fingerprint density at radius 2 is 1.45 bits per heavy atom. The van der Waals surface area contributed by atoms with Crippen molar-refractivity contribution in [1.82, 2.24) is 0 Å². The smallest absolute Gasteiger partial charge is 0.188 e. The Hall–Kier alpha value is -2.26. The Morgan fingerprint density at radius 3 is 2.05 bits per heavy atom. The van der Waals surface area contributed by atoms with E-state index in [0.717, 1.165) is 22.6 Å². The van der Waals surface area contributed by atoms with E-state index in [1.165, 1.54) is 0 Å². The fourth-order valence-corrected chi connectivity index (χ4v) is 1.77. The molecule has 0 saturated carbocycles. The molecule has 0 atom stereocenters. The average molecular weight is 270 g/mol. The van der Waals surface area contributed by atoms with Crippen LogP contribution in [0.15, 0.2) is 48.5 Å². The number of rotatable bonds is 6. The number of methoxy groups -OCH3 is 2. The van der Waals surface area contributed by atoms with E-state index < -0.39 is 0 Å². The highest BCUT2D eigenvalue weighted by molar-refractivity contribution is 5.70. The van der Waals surface area contributed by atoms with Gasteiger partial charge in [-0.15, -0.1) is 0 Å². The minimum absolute atomic E-state index is 0.253. The highest BCUT2D eigenvalue weighted by atomic mass is 16.7. The van der Waals surface area contributed by atoms with Crippen LogP contribution in [0.1, 0.15) is 11.1 Å². The Balaban J connectivity index is 2.10. The molecule has 0 radical (unpaired) electrons. The van der Waals surface area contributed by atoms with Gasteiger partial charge in [-0.1, -0.05) is 36.4 Å². The van der Waals surface area contributed by atoms with E-state index in [-0.39, 0.29) is 6.79 Å². The second-order valence-corrected chi connectivity index (χ2v) is 4.23. The van der Waals surface area contributed by atoms with Crippen molar-refractivity contribution in [3.63, 3.8) is 0 Å². The number of ether oxygens (including phenoxy) is 3. The molecule has 0 bridgehead atoms. The SMILES string of the molecule is COCOc1cccc(/C=C/c2cccc(OC)c2)c1. The Morgan fingerprint density at radius 1 is 0.850 bits per heavy atom. The van der Waals surface area contributed by atoms with Gasteiger partial charge in [-0.25, -0.2) is 0 Å². The van der Waals surface area contributed by atoms with Gasteiger partial charge in [-0.3, -0.25) is 0 Å². The summed E-state index contributed by atoms with van der Waals surface area (Å²) in [5.41, 5.74) is 2.16. The zero-order chi connectivity index (χ0) is 14.2. The summed E-state index contributed by atoms with van der Waals surface area (Å²) in [4.78, 5) is 0. The van der Waals surface area contributed by atoms with Gasteiger partial charge in [0.25, 0.3) is 0 Å². The van der Waals surface area contributed by atoms with Gasteiger partial charge in [0.05, 0.1) is 7.11 Å². The van der Waals surface area contributed by atoms with Gasteiger partial charge in [0.1, 0.15) is 11.5 Å². The summed E-state index contributed by atoms with van der Waals surface area (Å²) >= 11 is 0. The van der Waals surface area contributed by atoms with E-state index in [1.54, 1.807) is 14.2 Å². The summed E-state index contributed by atoms with van der Waals surface area (Å²) in [6, 6.07) is 15.8. The van der Waals surface area contributed by atoms with Crippen LogP contribution in [-0.2, 0) is 4.74 Å². The molecule has 0 aliphatic heterocycles. The molecule has 20 heavy (non-hydrogen) atoms. The first-order valence-corrected chi connectivity index (χ1v) is 6.36. The van der Waals surface area contributed by atoms with Crippen LogP contribution in [0.3, 0.4) is 0 Å². The quantitative estimate of drug-likeness (QED) is 0.589. The lowest BCUT2D eigenvalue weighted by Crippen LogP contribution is -1.98. The standard InChI is InChI=1S/C17H18O3/c1-18-13-20-17-8-4-6-15(12-17)10-9-14-5-3-7-16(11-14)19-2/h3-12H,13H2,1-2H3/b10-9+. The zero-order valence-corrected chi connectivity index (χ0v) is 11.7. The molecule has 3 heteroatoms. The maximum absolute atomic E-state index is 5.41. The van der Waals surface area contributed by atoms with Crippen LogP contribution >= 0.6 is 0 Å². The molecular weight excluding hydrogens is 252 g/mol. The number of hydrogen-bond acceptors (Lipinski definition) is 3. The fourth-order valence-electron chi connectivity index (χ4n) is 1.77. The molecular formula is C17H18O3. The molecule has 0 fully saturated rings. The van der Waals surface area contributed by atoms with Gasteiger partial charge in [0.15, 0.2) is 6.79 Å². The van der Waals surface area contributed by atoms with Crippen molar-refractivity contribution in [2.24, 2.45) is 0 Å². The van der Waals surface area contributed by atoms with E-state index in [9.17, 15) is 0 Å². The van der Waals surface area contributed by atoms with E-state index in [4.69, 9.17) is 14.2 Å². The molecule has 0 amide bonds. The topological polar surface area (TPSA) is 27.7 Å². The van der Waals surface area contributed by atoms with Crippen LogP contribution in [0.25, 0.3) is 12.2 Å². The molecule has 2 aromatic carbocycles. The summed E-state index contributed by atoms with van der Waals surface area (Å²) < 4.78 is 15.5. The molecule has 0 aliphatic rings. The maximum atomic E-state index is 5.41. The Kier molecular flexibility index (Phi) is 5.21. The second-order valence-electron chi connectivity index (χ2n) is 4.23. The molecule has 0 aliphatic carbocycles. The van der Waals surface area contributed by atoms with E-state index in [1.807, 2.05) is 60.7 Å². The molecule has 0 N–H and O–H groups in total. The van der Waals surface area contributed by atoms with Gasteiger partial charge in [-0.05, 0) is 35.4 Å². The average Bonchev–Trinajstić information content (AvgIpc) is 2.51. The van der Waals surface area contributed by atoms with E-state index in [2.05, 4.69) is 0 Å². The largest absolute Gasteiger partial charge is 0.497 e. The summed E-state index contributed by atoms with van der Waals surface area (Å²) in [5, 5.41) is 0. The third-order valence-corrected chi connectivity index (χ3v) is 2.76. The lowest BCUT2D eigenvalue weighted by molar-refractivity contribution is 0.0511. The lowest BCUT2D eigenvalue weighted by Gasteiger charge is -2.05. The van der Waals surface area contributed by atoms with Gasteiger partial charge in [0.2, 0.25) is 0 Å². The maximum Gasteiger partial charge on any atom is 0.188 e. The van der Waals surface area contributed by atoms with Crippen LogP contribution in [-0.4, -0.2) is 21.0 Å². The minimum Gasteiger partial charge on any atom is -0.497 e. The minimum atomic E-state index is 0.253. The molecule has 2 rings (SSSR count). The monoisotopic (exact) mass is 270 g/mol. The first-order chi connectivity index (χ1) is 9.81. The van der Waals surface area contributed by atoms with Crippen LogP contribution in [0, 0.1) is 0 Å². The molecule has 104 valence electrons. The van der Waals surface area contributed by atoms with Crippen molar-refractivity contribution in [1.29, 1.82) is 0 Å². The van der Waals surface area contributed by atoms with Crippen molar-refractivity contribution in [3.05, 3.63) is 59.7 Å². The fraction of sp³-hybridized carbons (Fsp3) is 0.176.